The van der Waals surface area contributed by atoms with Gasteiger partial charge in [-0.2, -0.15) is 0 Å². The summed E-state index contributed by atoms with van der Waals surface area (Å²) in [6, 6.07) is 7.63. The van der Waals surface area contributed by atoms with Crippen LogP contribution in [0.5, 0.6) is 23.0 Å². The quantitative estimate of drug-likeness (QED) is 0.584. The molecule has 128 valence electrons. The number of phenols is 3. The lowest BCUT2D eigenvalue weighted by Gasteiger charge is -2.28. The van der Waals surface area contributed by atoms with Crippen molar-refractivity contribution in [2.24, 2.45) is 0 Å². The van der Waals surface area contributed by atoms with Gasteiger partial charge in [0.2, 0.25) is 0 Å². The maximum Gasteiger partial charge on any atom is 0.193 e. The van der Waals surface area contributed by atoms with Gasteiger partial charge in [-0.05, 0) is 49.8 Å². The molecular weight excluding hydrogens is 320 g/mol. The Kier molecular flexibility index (Phi) is 4.00. The van der Waals surface area contributed by atoms with Crippen LogP contribution in [0.15, 0.2) is 42.5 Å². The third-order valence-electron chi connectivity index (χ3n) is 3.87. The van der Waals surface area contributed by atoms with Gasteiger partial charge in [-0.3, -0.25) is 4.79 Å². The first-order valence-corrected chi connectivity index (χ1v) is 7.75. The summed E-state index contributed by atoms with van der Waals surface area (Å²) in [7, 11) is 0. The molecule has 1 heterocycles. The molecule has 0 saturated heterocycles. The Hall–Kier alpha value is -3.21. The molecule has 0 atom stereocenters. The van der Waals surface area contributed by atoms with Gasteiger partial charge in [-0.25, -0.2) is 0 Å². The van der Waals surface area contributed by atoms with E-state index < -0.39 is 11.4 Å². The van der Waals surface area contributed by atoms with Gasteiger partial charge < -0.3 is 20.1 Å². The van der Waals surface area contributed by atoms with E-state index in [9.17, 15) is 20.1 Å². The van der Waals surface area contributed by atoms with Gasteiger partial charge in [-0.15, -0.1) is 0 Å². The van der Waals surface area contributed by atoms with Crippen LogP contribution in [0.25, 0.3) is 12.2 Å². The maximum atomic E-state index is 12.4. The molecule has 1 aliphatic rings. The summed E-state index contributed by atoms with van der Waals surface area (Å²) in [6.07, 6.45) is 6.24. The van der Waals surface area contributed by atoms with Gasteiger partial charge in [0, 0.05) is 6.07 Å². The molecule has 0 aliphatic carbocycles. The molecule has 5 nitrogen and oxygen atoms in total. The number of hydrogen-bond donors (Lipinski definition) is 3. The first-order chi connectivity index (χ1) is 11.8. The zero-order valence-electron chi connectivity index (χ0n) is 13.9. The number of phenolic OH excluding ortho intramolecular Hbond substituents is 3. The van der Waals surface area contributed by atoms with E-state index in [4.69, 9.17) is 4.74 Å². The first kappa shape index (κ1) is 16.6. The largest absolute Gasteiger partial charge is 0.508 e. The molecular formula is C20H18O5. The average molecular weight is 338 g/mol. The highest BCUT2D eigenvalue weighted by Crippen LogP contribution is 2.43. The van der Waals surface area contributed by atoms with E-state index in [1.54, 1.807) is 24.3 Å². The summed E-state index contributed by atoms with van der Waals surface area (Å²) >= 11 is 0. The van der Waals surface area contributed by atoms with E-state index in [1.165, 1.54) is 30.4 Å². The van der Waals surface area contributed by atoms with Crippen LogP contribution < -0.4 is 4.74 Å². The minimum Gasteiger partial charge on any atom is -0.508 e. The molecule has 25 heavy (non-hydrogen) atoms. The van der Waals surface area contributed by atoms with Gasteiger partial charge >= 0.3 is 0 Å². The number of carbonyl (C=O) groups is 1. The number of fused-ring (bicyclic) bond motifs is 1. The summed E-state index contributed by atoms with van der Waals surface area (Å²) < 4.78 is 5.70. The second kappa shape index (κ2) is 6.02. The molecule has 2 aromatic rings. The lowest BCUT2D eigenvalue weighted by molar-refractivity contribution is 0.104. The van der Waals surface area contributed by atoms with Crippen LogP contribution in [0.3, 0.4) is 0 Å². The van der Waals surface area contributed by atoms with E-state index in [2.05, 4.69) is 0 Å². The Labute approximate surface area is 145 Å². The monoisotopic (exact) mass is 338 g/mol. The number of allylic oxidation sites excluding steroid dienone is 1. The van der Waals surface area contributed by atoms with Crippen molar-refractivity contribution in [2.75, 3.05) is 0 Å². The van der Waals surface area contributed by atoms with Crippen LogP contribution in [0, 0.1) is 0 Å². The number of ketones is 1. The van der Waals surface area contributed by atoms with Gasteiger partial charge in [-0.1, -0.05) is 18.2 Å². The first-order valence-electron chi connectivity index (χ1n) is 7.75. The Morgan fingerprint density at radius 1 is 1.12 bits per heavy atom. The summed E-state index contributed by atoms with van der Waals surface area (Å²) in [5.41, 5.74) is 0.323. The van der Waals surface area contributed by atoms with E-state index in [0.717, 1.165) is 0 Å². The van der Waals surface area contributed by atoms with E-state index in [1.807, 2.05) is 13.8 Å². The third kappa shape index (κ3) is 3.35. The van der Waals surface area contributed by atoms with Crippen molar-refractivity contribution in [3.8, 4) is 23.0 Å². The zero-order chi connectivity index (χ0) is 18.2. The summed E-state index contributed by atoms with van der Waals surface area (Å²) in [4.78, 5) is 12.4. The molecule has 0 spiro atoms. The molecule has 3 rings (SSSR count). The summed E-state index contributed by atoms with van der Waals surface area (Å²) in [5, 5.41) is 29.8. The number of hydrogen-bond acceptors (Lipinski definition) is 5. The van der Waals surface area contributed by atoms with Crippen LogP contribution in [-0.4, -0.2) is 26.7 Å². The van der Waals surface area contributed by atoms with Crippen molar-refractivity contribution >= 4 is 17.9 Å². The molecule has 3 N–H and O–H groups in total. The molecule has 5 heteroatoms. The molecule has 0 fully saturated rings. The Morgan fingerprint density at radius 2 is 1.80 bits per heavy atom. The van der Waals surface area contributed by atoms with Gasteiger partial charge in [0.1, 0.15) is 34.2 Å². The van der Waals surface area contributed by atoms with Crippen molar-refractivity contribution in [1.29, 1.82) is 0 Å². The molecule has 0 aromatic heterocycles. The van der Waals surface area contributed by atoms with Crippen LogP contribution >= 0.6 is 0 Å². The normalized spacial score (nSPS) is 15.0. The minimum absolute atomic E-state index is 0.128. The SMILES string of the molecule is CC1(C)C=Cc2c(cc(O)c(C(=O)/C=C/c3ccc(O)cc3)c2O)O1. The van der Waals surface area contributed by atoms with Crippen molar-refractivity contribution < 1.29 is 24.9 Å². The fourth-order valence-corrected chi connectivity index (χ4v) is 2.58. The third-order valence-corrected chi connectivity index (χ3v) is 3.87. The lowest BCUT2D eigenvalue weighted by atomic mass is 9.97. The standard InChI is InChI=1S/C20H18O5/c1-20(2)10-9-14-17(25-20)11-16(23)18(19(14)24)15(22)8-5-12-3-6-13(21)7-4-12/h3-11,21,23-24H,1-2H3/b8-5+. The Morgan fingerprint density at radius 3 is 2.48 bits per heavy atom. The Bertz CT molecular complexity index is 889. The summed E-state index contributed by atoms with van der Waals surface area (Å²) in [6.45, 7) is 3.69. The van der Waals surface area contributed by atoms with Crippen LogP contribution in [-0.2, 0) is 0 Å². The topological polar surface area (TPSA) is 87.0 Å². The van der Waals surface area contributed by atoms with Crippen molar-refractivity contribution in [3.63, 3.8) is 0 Å². The second-order valence-electron chi connectivity index (χ2n) is 6.36. The highest BCUT2D eigenvalue weighted by molar-refractivity contribution is 6.11. The Balaban J connectivity index is 1.95. The molecule has 2 aromatic carbocycles. The number of carbonyl (C=O) groups excluding carboxylic acids is 1. The lowest BCUT2D eigenvalue weighted by Crippen LogP contribution is -2.27. The predicted octanol–water partition coefficient (Wildman–Crippen LogP) is 3.88. The highest BCUT2D eigenvalue weighted by Gasteiger charge is 2.27. The van der Waals surface area contributed by atoms with Gasteiger partial charge in [0.05, 0.1) is 5.56 Å². The molecule has 0 saturated carbocycles. The van der Waals surface area contributed by atoms with Crippen LogP contribution in [0.1, 0.15) is 35.3 Å². The maximum absolute atomic E-state index is 12.4. The minimum atomic E-state index is -0.559. The fraction of sp³-hybridized carbons (Fsp3) is 0.150. The molecule has 0 bridgehead atoms. The van der Waals surface area contributed by atoms with Gasteiger partial charge in [0.25, 0.3) is 0 Å². The van der Waals surface area contributed by atoms with Crippen LogP contribution in [0.2, 0.25) is 0 Å². The molecule has 0 unspecified atom stereocenters. The van der Waals surface area contributed by atoms with E-state index in [0.29, 0.717) is 16.9 Å². The van der Waals surface area contributed by atoms with Crippen molar-refractivity contribution in [3.05, 3.63) is 59.2 Å². The van der Waals surface area contributed by atoms with E-state index in [-0.39, 0.29) is 22.8 Å². The number of rotatable bonds is 3. The number of benzene rings is 2. The number of aromatic hydroxyl groups is 3. The second-order valence-corrected chi connectivity index (χ2v) is 6.36. The average Bonchev–Trinajstić information content (AvgIpc) is 2.53. The fourth-order valence-electron chi connectivity index (χ4n) is 2.58. The van der Waals surface area contributed by atoms with Crippen LogP contribution in [0.4, 0.5) is 0 Å². The predicted molar refractivity (Wildman–Crippen MR) is 95.0 cm³/mol. The number of ether oxygens (including phenoxy) is 1. The smallest absolute Gasteiger partial charge is 0.193 e. The molecule has 0 radical (unpaired) electrons. The van der Waals surface area contributed by atoms with Crippen molar-refractivity contribution in [2.45, 2.75) is 19.4 Å². The highest BCUT2D eigenvalue weighted by atomic mass is 16.5. The summed E-state index contributed by atoms with van der Waals surface area (Å²) in [5.74, 6) is -0.751. The molecule has 1 aliphatic heterocycles. The van der Waals surface area contributed by atoms with Crippen molar-refractivity contribution in [1.82, 2.24) is 0 Å². The zero-order valence-corrected chi connectivity index (χ0v) is 13.9. The molecule has 0 amide bonds. The van der Waals surface area contributed by atoms with E-state index >= 15 is 0 Å². The van der Waals surface area contributed by atoms with Gasteiger partial charge in [0.15, 0.2) is 5.78 Å².